The molecule has 2 amide bonds. The van der Waals surface area contributed by atoms with E-state index >= 15 is 0 Å². The first-order valence-corrected chi connectivity index (χ1v) is 18.7. The topological polar surface area (TPSA) is 252 Å². The van der Waals surface area contributed by atoms with Crippen molar-refractivity contribution in [3.63, 3.8) is 0 Å². The largest absolute Gasteiger partial charge is 0.391 e. The van der Waals surface area contributed by atoms with Gasteiger partial charge < -0.3 is 53.0 Å². The molecule has 0 radical (unpaired) electrons. The predicted octanol–water partition coefficient (Wildman–Crippen LogP) is 1.38. The highest BCUT2D eigenvalue weighted by Crippen LogP contribution is 2.18. The Morgan fingerprint density at radius 2 is 1.54 bits per heavy atom. The Hall–Kier alpha value is -3.93. The number of benzene rings is 2. The Kier molecular flexibility index (Phi) is 18.5. The highest BCUT2D eigenvalue weighted by atomic mass is 35.5. The summed E-state index contributed by atoms with van der Waals surface area (Å²) in [5.41, 5.74) is 15.1. The molecule has 298 valence electrons. The number of unbranched alkanes of at least 4 members (excludes halogenated alkanes) is 3. The second-order valence-corrected chi connectivity index (χ2v) is 14.0. The van der Waals surface area contributed by atoms with Crippen LogP contribution in [-0.2, 0) is 13.0 Å². The number of aryl methyl sites for hydroxylation is 1. The minimum absolute atomic E-state index is 0.00375. The summed E-state index contributed by atoms with van der Waals surface area (Å²) in [7, 11) is 0. The van der Waals surface area contributed by atoms with Crippen LogP contribution in [0.15, 0.2) is 48.5 Å². The fourth-order valence-electron chi connectivity index (χ4n) is 5.90. The summed E-state index contributed by atoms with van der Waals surface area (Å²) >= 11 is 5.97. The van der Waals surface area contributed by atoms with Gasteiger partial charge in [0, 0.05) is 44.8 Å². The number of nitrogen functional groups attached to an aromatic ring is 2. The lowest BCUT2D eigenvalue weighted by atomic mass is 9.95. The van der Waals surface area contributed by atoms with E-state index in [9.17, 15) is 35.1 Å². The summed E-state index contributed by atoms with van der Waals surface area (Å²) in [6.07, 6.45) is -3.65. The fourth-order valence-corrected chi connectivity index (χ4v) is 6.03. The summed E-state index contributed by atoms with van der Waals surface area (Å²) in [6, 6.07) is 15.2. The average molecular weight is 773 g/mol. The van der Waals surface area contributed by atoms with E-state index in [0.29, 0.717) is 38.2 Å². The molecule has 0 aliphatic carbocycles. The van der Waals surface area contributed by atoms with Crippen LogP contribution in [0, 0.1) is 12.8 Å². The van der Waals surface area contributed by atoms with Gasteiger partial charge >= 0.3 is 0 Å². The molecule has 0 bridgehead atoms. The van der Waals surface area contributed by atoms with E-state index in [4.69, 9.17) is 23.1 Å². The van der Waals surface area contributed by atoms with E-state index in [1.54, 1.807) is 17.0 Å². The molecule has 2 aromatic carbocycles. The number of anilines is 2. The molecular weight excluding hydrogens is 716 g/mol. The zero-order valence-corrected chi connectivity index (χ0v) is 32.0. The molecule has 6 atom stereocenters. The van der Waals surface area contributed by atoms with E-state index in [0.717, 1.165) is 42.4 Å². The molecular formula is C38H57ClN8O7. The first kappa shape index (κ1) is 44.5. The van der Waals surface area contributed by atoms with Gasteiger partial charge in [-0.1, -0.05) is 74.2 Å². The highest BCUT2D eigenvalue weighted by molar-refractivity contribution is 6.31. The van der Waals surface area contributed by atoms with Crippen LogP contribution < -0.4 is 27.4 Å². The number of aromatic nitrogens is 2. The normalized spacial score (nSPS) is 14.9. The molecule has 16 heteroatoms. The van der Waals surface area contributed by atoms with E-state index in [1.165, 1.54) is 6.92 Å². The maximum atomic E-state index is 13.0. The van der Waals surface area contributed by atoms with Gasteiger partial charge in [-0.15, -0.1) is 0 Å². The molecule has 1 aromatic heterocycles. The standard InChI is InChI=1S/C38H57ClN8O7/c1-4-5-6-9-17-47(38(54)32(51)31(50)30(49)24(3)48)18-16-43-36(52)27-14-12-25(13-15-27)20-42-21-26(19-28-11-8-7-10-23(28)2)22-44-37(53)29-34(40)46-35(41)33(39)45-29/h7-8,10-15,24,26,30-32,38,42,48-51,54H,4-6,9,16-22H2,1-3H3,(H,43,52)(H,44,53)(H4,40,41,46)/t24-,26+,30-,31+,32+,38?/m1/s1. The lowest BCUT2D eigenvalue weighted by Crippen LogP contribution is -2.55. The van der Waals surface area contributed by atoms with Gasteiger partial charge in [0.1, 0.15) is 24.5 Å². The van der Waals surface area contributed by atoms with Crippen LogP contribution in [0.2, 0.25) is 5.15 Å². The quantitative estimate of drug-likeness (QED) is 0.0484. The summed E-state index contributed by atoms with van der Waals surface area (Å²) < 4.78 is 0. The van der Waals surface area contributed by atoms with Crippen LogP contribution in [0.4, 0.5) is 11.6 Å². The monoisotopic (exact) mass is 772 g/mol. The van der Waals surface area contributed by atoms with Gasteiger partial charge in [0.15, 0.2) is 22.5 Å². The van der Waals surface area contributed by atoms with Crippen molar-refractivity contribution in [2.24, 2.45) is 5.92 Å². The maximum Gasteiger partial charge on any atom is 0.273 e. The average Bonchev–Trinajstić information content (AvgIpc) is 3.15. The van der Waals surface area contributed by atoms with E-state index < -0.39 is 36.6 Å². The molecule has 0 aliphatic heterocycles. The van der Waals surface area contributed by atoms with Gasteiger partial charge in [-0.3, -0.25) is 14.5 Å². The van der Waals surface area contributed by atoms with Crippen LogP contribution in [-0.4, -0.2) is 116 Å². The number of carbonyl (C=O) groups excluding carboxylic acids is 2. The molecule has 3 rings (SSSR count). The van der Waals surface area contributed by atoms with Crippen molar-refractivity contribution in [2.45, 2.75) is 90.1 Å². The zero-order valence-electron chi connectivity index (χ0n) is 31.3. The van der Waals surface area contributed by atoms with Crippen LogP contribution in [0.25, 0.3) is 0 Å². The molecule has 0 saturated carbocycles. The van der Waals surface area contributed by atoms with Crippen molar-refractivity contribution in [1.82, 2.24) is 30.8 Å². The number of aliphatic hydroxyl groups excluding tert-OH is 5. The number of nitrogens with one attached hydrogen (secondary N) is 3. The smallest absolute Gasteiger partial charge is 0.273 e. The van der Waals surface area contributed by atoms with Crippen LogP contribution in [0.1, 0.15) is 77.1 Å². The minimum atomic E-state index is -1.77. The number of aliphatic hydroxyl groups is 5. The van der Waals surface area contributed by atoms with E-state index in [2.05, 4.69) is 38.9 Å². The van der Waals surface area contributed by atoms with Crippen molar-refractivity contribution in [2.75, 3.05) is 44.2 Å². The third kappa shape index (κ3) is 13.7. The third-order valence-corrected chi connectivity index (χ3v) is 9.55. The molecule has 0 aliphatic rings. The second-order valence-electron chi connectivity index (χ2n) is 13.6. The number of hydrogen-bond acceptors (Lipinski definition) is 13. The van der Waals surface area contributed by atoms with Gasteiger partial charge in [-0.2, -0.15) is 0 Å². The number of halogens is 1. The Labute approximate surface area is 322 Å². The molecule has 0 fully saturated rings. The zero-order chi connectivity index (χ0) is 39.8. The van der Waals surface area contributed by atoms with E-state index in [1.807, 2.05) is 37.3 Å². The molecule has 54 heavy (non-hydrogen) atoms. The summed E-state index contributed by atoms with van der Waals surface area (Å²) in [4.78, 5) is 35.3. The van der Waals surface area contributed by atoms with Crippen LogP contribution in [0.5, 0.6) is 0 Å². The number of hydrogen-bond donors (Lipinski definition) is 10. The Morgan fingerprint density at radius 3 is 2.20 bits per heavy atom. The van der Waals surface area contributed by atoms with Crippen LogP contribution >= 0.6 is 11.6 Å². The molecule has 15 nitrogen and oxygen atoms in total. The van der Waals surface area contributed by atoms with Crippen molar-refractivity contribution in [3.05, 3.63) is 81.6 Å². The number of rotatable bonds is 23. The SMILES string of the molecule is CCCCCCN(CCNC(=O)c1ccc(CNC[C@@H](CNC(=O)c2nc(Cl)c(N)nc2N)Cc2ccccc2C)cc1)C(O)[C@@H](O)[C@@H](O)[C@H](O)[C@@H](C)O. The van der Waals surface area contributed by atoms with Gasteiger partial charge in [-0.05, 0) is 61.4 Å². The molecule has 1 heterocycles. The summed E-state index contributed by atoms with van der Waals surface area (Å²) in [6.45, 7) is 7.50. The molecule has 12 N–H and O–H groups in total. The van der Waals surface area contributed by atoms with Gasteiger partial charge in [-0.25, -0.2) is 9.97 Å². The first-order valence-electron chi connectivity index (χ1n) is 18.4. The highest BCUT2D eigenvalue weighted by Gasteiger charge is 2.35. The lowest BCUT2D eigenvalue weighted by molar-refractivity contribution is -0.165. The Balaban J connectivity index is 1.56. The number of amides is 2. The predicted molar refractivity (Wildman–Crippen MR) is 208 cm³/mol. The van der Waals surface area contributed by atoms with Crippen molar-refractivity contribution in [1.29, 1.82) is 0 Å². The minimum Gasteiger partial charge on any atom is -0.391 e. The van der Waals surface area contributed by atoms with Crippen molar-refractivity contribution < 1.29 is 35.1 Å². The Morgan fingerprint density at radius 1 is 0.833 bits per heavy atom. The molecule has 1 unspecified atom stereocenters. The fraction of sp³-hybridized carbons (Fsp3) is 0.526. The lowest BCUT2D eigenvalue weighted by Gasteiger charge is -2.35. The van der Waals surface area contributed by atoms with Crippen molar-refractivity contribution in [3.8, 4) is 0 Å². The first-order chi connectivity index (χ1) is 25.7. The second kappa shape index (κ2) is 22.4. The molecule has 0 saturated heterocycles. The third-order valence-electron chi connectivity index (χ3n) is 9.28. The van der Waals surface area contributed by atoms with Crippen LogP contribution in [0.3, 0.4) is 0 Å². The van der Waals surface area contributed by atoms with Gasteiger partial charge in [0.25, 0.3) is 11.8 Å². The number of nitrogens with two attached hydrogens (primary N) is 2. The summed E-state index contributed by atoms with van der Waals surface area (Å²) in [5.74, 6) is -0.996. The van der Waals surface area contributed by atoms with Gasteiger partial charge in [0.2, 0.25) is 0 Å². The van der Waals surface area contributed by atoms with Crippen molar-refractivity contribution >= 4 is 35.1 Å². The van der Waals surface area contributed by atoms with E-state index in [-0.39, 0.29) is 47.4 Å². The molecule has 0 spiro atoms. The maximum absolute atomic E-state index is 13.0. The number of carbonyl (C=O) groups is 2. The Bertz CT molecular complexity index is 1620. The van der Waals surface area contributed by atoms with Gasteiger partial charge in [0.05, 0.1) is 6.10 Å². The summed E-state index contributed by atoms with van der Waals surface area (Å²) in [5, 5.41) is 60.3. The number of nitrogens with zero attached hydrogens (tertiary/aromatic N) is 3. The molecule has 3 aromatic rings.